The quantitative estimate of drug-likeness (QED) is 0.910. The van der Waals surface area contributed by atoms with Gasteiger partial charge in [-0.3, -0.25) is 4.98 Å². The smallest absolute Gasteiger partial charge is 0.123 e. The number of nitrogens with one attached hydrogen (secondary N) is 1. The van der Waals surface area contributed by atoms with Gasteiger partial charge in [0.25, 0.3) is 0 Å². The van der Waals surface area contributed by atoms with Gasteiger partial charge in [0.15, 0.2) is 0 Å². The topological polar surface area (TPSA) is 24.9 Å². The van der Waals surface area contributed by atoms with Crippen LogP contribution in [0.15, 0.2) is 42.7 Å². The fourth-order valence-electron chi connectivity index (χ4n) is 1.69. The average molecular weight is 265 g/mol. The van der Waals surface area contributed by atoms with Crippen molar-refractivity contribution in [3.63, 3.8) is 0 Å². The summed E-state index contributed by atoms with van der Waals surface area (Å²) in [7, 11) is 0. The van der Waals surface area contributed by atoms with Crippen molar-refractivity contribution in [1.29, 1.82) is 0 Å². The maximum Gasteiger partial charge on any atom is 0.123 e. The Morgan fingerprint density at radius 1 is 1.39 bits per heavy atom. The standard InChI is InChI=1S/C14H14ClFN2/c1-10(11-3-2-6-17-8-11)18-9-12-7-13(16)4-5-14(12)15/h2-8,10,18H,9H2,1H3/t10-/m1/s1. The summed E-state index contributed by atoms with van der Waals surface area (Å²) in [5.74, 6) is -0.273. The van der Waals surface area contributed by atoms with Gasteiger partial charge in [0.05, 0.1) is 0 Å². The third-order valence-electron chi connectivity index (χ3n) is 2.79. The van der Waals surface area contributed by atoms with Gasteiger partial charge in [-0.2, -0.15) is 0 Å². The second kappa shape index (κ2) is 5.94. The number of hydrogen-bond acceptors (Lipinski definition) is 2. The lowest BCUT2D eigenvalue weighted by Crippen LogP contribution is -2.18. The molecule has 94 valence electrons. The number of aromatic nitrogens is 1. The third kappa shape index (κ3) is 3.28. The van der Waals surface area contributed by atoms with E-state index in [-0.39, 0.29) is 11.9 Å². The molecule has 0 aliphatic heterocycles. The SMILES string of the molecule is C[C@@H](NCc1cc(F)ccc1Cl)c1cccnc1. The van der Waals surface area contributed by atoms with Gasteiger partial charge >= 0.3 is 0 Å². The zero-order valence-corrected chi connectivity index (χ0v) is 10.8. The summed E-state index contributed by atoms with van der Waals surface area (Å²) >= 11 is 6.01. The van der Waals surface area contributed by atoms with Crippen molar-refractivity contribution in [2.24, 2.45) is 0 Å². The summed E-state index contributed by atoms with van der Waals surface area (Å²) in [5.41, 5.74) is 1.84. The zero-order chi connectivity index (χ0) is 13.0. The normalized spacial score (nSPS) is 12.4. The number of benzene rings is 1. The van der Waals surface area contributed by atoms with Crippen LogP contribution in [0.4, 0.5) is 4.39 Å². The van der Waals surface area contributed by atoms with Crippen molar-refractivity contribution in [3.8, 4) is 0 Å². The summed E-state index contributed by atoms with van der Waals surface area (Å²) in [6.45, 7) is 2.55. The van der Waals surface area contributed by atoms with E-state index in [1.54, 1.807) is 12.3 Å². The van der Waals surface area contributed by atoms with Gasteiger partial charge in [-0.25, -0.2) is 4.39 Å². The number of pyridine rings is 1. The van der Waals surface area contributed by atoms with Crippen molar-refractivity contribution >= 4 is 11.6 Å². The van der Waals surface area contributed by atoms with E-state index >= 15 is 0 Å². The zero-order valence-electron chi connectivity index (χ0n) is 10.0. The Labute approximate surface area is 111 Å². The molecule has 1 heterocycles. The van der Waals surface area contributed by atoms with Crippen LogP contribution in [0.3, 0.4) is 0 Å². The second-order valence-corrected chi connectivity index (χ2v) is 4.53. The Hall–Kier alpha value is -1.45. The van der Waals surface area contributed by atoms with E-state index in [1.807, 2.05) is 25.3 Å². The first-order valence-electron chi connectivity index (χ1n) is 5.74. The fraction of sp³-hybridized carbons (Fsp3) is 0.214. The molecule has 0 saturated heterocycles. The van der Waals surface area contributed by atoms with E-state index in [9.17, 15) is 4.39 Å². The molecule has 0 unspecified atom stereocenters. The van der Waals surface area contributed by atoms with Crippen LogP contribution < -0.4 is 5.32 Å². The molecule has 2 rings (SSSR count). The second-order valence-electron chi connectivity index (χ2n) is 4.12. The minimum atomic E-state index is -0.273. The molecule has 1 aromatic heterocycles. The van der Waals surface area contributed by atoms with E-state index in [1.165, 1.54) is 12.1 Å². The first-order chi connectivity index (χ1) is 8.66. The molecule has 0 amide bonds. The molecule has 1 aromatic carbocycles. The molecular formula is C14H14ClFN2. The summed E-state index contributed by atoms with van der Waals surface area (Å²) in [6.07, 6.45) is 3.55. The van der Waals surface area contributed by atoms with Crippen LogP contribution in [0, 0.1) is 5.82 Å². The number of hydrogen-bond donors (Lipinski definition) is 1. The molecule has 0 radical (unpaired) electrons. The Bertz CT molecular complexity index is 516. The summed E-state index contributed by atoms with van der Waals surface area (Å²) in [6, 6.07) is 8.41. The van der Waals surface area contributed by atoms with Crippen LogP contribution in [0.1, 0.15) is 24.1 Å². The van der Waals surface area contributed by atoms with Crippen molar-refractivity contribution in [2.45, 2.75) is 19.5 Å². The minimum Gasteiger partial charge on any atom is -0.306 e. The maximum atomic E-state index is 13.1. The molecule has 0 bridgehead atoms. The average Bonchev–Trinajstić information content (AvgIpc) is 2.40. The van der Waals surface area contributed by atoms with Crippen LogP contribution in [-0.2, 0) is 6.54 Å². The molecule has 2 nitrogen and oxygen atoms in total. The molecule has 0 spiro atoms. The molecule has 4 heteroatoms. The van der Waals surface area contributed by atoms with Gasteiger partial charge in [0.2, 0.25) is 0 Å². The summed E-state index contributed by atoms with van der Waals surface area (Å²) in [4.78, 5) is 4.07. The lowest BCUT2D eigenvalue weighted by Gasteiger charge is -2.14. The molecule has 1 atom stereocenters. The Morgan fingerprint density at radius 3 is 2.94 bits per heavy atom. The predicted octanol–water partition coefficient (Wildman–Crippen LogP) is 3.72. The Morgan fingerprint density at radius 2 is 2.22 bits per heavy atom. The van der Waals surface area contributed by atoms with E-state index in [0.29, 0.717) is 11.6 Å². The van der Waals surface area contributed by atoms with Gasteiger partial charge in [0, 0.05) is 30.0 Å². The molecule has 0 fully saturated rings. The molecule has 18 heavy (non-hydrogen) atoms. The molecule has 0 aliphatic carbocycles. The monoisotopic (exact) mass is 264 g/mol. The van der Waals surface area contributed by atoms with Crippen LogP contribution in [-0.4, -0.2) is 4.98 Å². The highest BCUT2D eigenvalue weighted by molar-refractivity contribution is 6.31. The van der Waals surface area contributed by atoms with Gasteiger partial charge in [0.1, 0.15) is 5.82 Å². The highest BCUT2D eigenvalue weighted by Crippen LogP contribution is 2.18. The van der Waals surface area contributed by atoms with Crippen LogP contribution in [0.2, 0.25) is 5.02 Å². The molecule has 0 saturated carbocycles. The largest absolute Gasteiger partial charge is 0.306 e. The van der Waals surface area contributed by atoms with E-state index in [2.05, 4.69) is 10.3 Å². The number of rotatable bonds is 4. The summed E-state index contributed by atoms with van der Waals surface area (Å²) < 4.78 is 13.1. The fourth-order valence-corrected chi connectivity index (χ4v) is 1.88. The highest BCUT2D eigenvalue weighted by Gasteiger charge is 2.07. The van der Waals surface area contributed by atoms with Crippen LogP contribution in [0.5, 0.6) is 0 Å². The van der Waals surface area contributed by atoms with Gasteiger partial charge in [-0.1, -0.05) is 17.7 Å². The number of nitrogens with zero attached hydrogens (tertiary/aromatic N) is 1. The van der Waals surface area contributed by atoms with Crippen molar-refractivity contribution < 1.29 is 4.39 Å². The lowest BCUT2D eigenvalue weighted by atomic mass is 10.1. The van der Waals surface area contributed by atoms with E-state index < -0.39 is 0 Å². The van der Waals surface area contributed by atoms with Crippen LogP contribution in [0.25, 0.3) is 0 Å². The number of halogens is 2. The predicted molar refractivity (Wildman–Crippen MR) is 70.9 cm³/mol. The Kier molecular flexibility index (Phi) is 4.28. The summed E-state index contributed by atoms with van der Waals surface area (Å²) in [5, 5.41) is 3.86. The molecular weight excluding hydrogens is 251 g/mol. The first kappa shape index (κ1) is 13.0. The lowest BCUT2D eigenvalue weighted by molar-refractivity contribution is 0.568. The molecule has 2 aromatic rings. The maximum absolute atomic E-state index is 13.1. The third-order valence-corrected chi connectivity index (χ3v) is 3.16. The van der Waals surface area contributed by atoms with Gasteiger partial charge < -0.3 is 5.32 Å². The van der Waals surface area contributed by atoms with E-state index in [0.717, 1.165) is 11.1 Å². The first-order valence-corrected chi connectivity index (χ1v) is 6.12. The van der Waals surface area contributed by atoms with Gasteiger partial charge in [-0.15, -0.1) is 0 Å². The highest BCUT2D eigenvalue weighted by atomic mass is 35.5. The van der Waals surface area contributed by atoms with Gasteiger partial charge in [-0.05, 0) is 42.3 Å². The minimum absolute atomic E-state index is 0.137. The molecule has 1 N–H and O–H groups in total. The van der Waals surface area contributed by atoms with Crippen molar-refractivity contribution in [3.05, 3.63) is 64.7 Å². The van der Waals surface area contributed by atoms with E-state index in [4.69, 9.17) is 11.6 Å². The Balaban J connectivity index is 2.01. The molecule has 0 aliphatic rings. The van der Waals surface area contributed by atoms with Crippen molar-refractivity contribution in [2.75, 3.05) is 0 Å². The van der Waals surface area contributed by atoms with Crippen LogP contribution >= 0.6 is 11.6 Å². The van der Waals surface area contributed by atoms with Crippen molar-refractivity contribution in [1.82, 2.24) is 10.3 Å².